The number of halogens is 1. The minimum absolute atomic E-state index is 0.118. The predicted octanol–water partition coefficient (Wildman–Crippen LogP) is 3.53. The molecule has 0 saturated carbocycles. The van der Waals surface area contributed by atoms with E-state index in [4.69, 9.17) is 11.6 Å². The molecular weight excluding hydrogens is 362 g/mol. The summed E-state index contributed by atoms with van der Waals surface area (Å²) >= 11 is 5.79. The predicted molar refractivity (Wildman–Crippen MR) is 109 cm³/mol. The number of hydrogen-bond donors (Lipinski definition) is 2. The second-order valence-electron chi connectivity index (χ2n) is 7.63. The van der Waals surface area contributed by atoms with Gasteiger partial charge < -0.3 is 0 Å². The number of rotatable bonds is 5. The SMILES string of the molecule is CN(CC(=O)NNC(=O)c1ccc(Cl)cc1)Cc1ccc(C(C)(C)C)cc1. The fraction of sp³-hybridized carbons (Fsp3) is 0.333. The van der Waals surface area contributed by atoms with E-state index in [1.807, 2.05) is 11.9 Å². The van der Waals surface area contributed by atoms with Crippen LogP contribution in [0.15, 0.2) is 48.5 Å². The van der Waals surface area contributed by atoms with Crippen LogP contribution in [0.1, 0.15) is 42.3 Å². The summed E-state index contributed by atoms with van der Waals surface area (Å²) in [5, 5.41) is 0.549. The molecule has 0 aliphatic rings. The van der Waals surface area contributed by atoms with Gasteiger partial charge in [-0.15, -0.1) is 0 Å². The largest absolute Gasteiger partial charge is 0.293 e. The highest BCUT2D eigenvalue weighted by atomic mass is 35.5. The highest BCUT2D eigenvalue weighted by Crippen LogP contribution is 2.22. The Labute approximate surface area is 165 Å². The molecule has 2 N–H and O–H groups in total. The van der Waals surface area contributed by atoms with Crippen LogP contribution < -0.4 is 10.9 Å². The molecule has 0 bridgehead atoms. The van der Waals surface area contributed by atoms with Gasteiger partial charge in [0.15, 0.2) is 0 Å². The van der Waals surface area contributed by atoms with Gasteiger partial charge in [0, 0.05) is 17.1 Å². The molecule has 2 aromatic carbocycles. The summed E-state index contributed by atoms with van der Waals surface area (Å²) in [6.45, 7) is 7.34. The summed E-state index contributed by atoms with van der Waals surface area (Å²) in [6, 6.07) is 14.8. The summed E-state index contributed by atoms with van der Waals surface area (Å²) < 4.78 is 0. The summed E-state index contributed by atoms with van der Waals surface area (Å²) in [4.78, 5) is 25.9. The first-order valence-corrected chi connectivity index (χ1v) is 9.15. The number of carbonyl (C=O) groups excluding carboxylic acids is 2. The van der Waals surface area contributed by atoms with Crippen LogP contribution >= 0.6 is 11.6 Å². The molecule has 27 heavy (non-hydrogen) atoms. The average molecular weight is 388 g/mol. The van der Waals surface area contributed by atoms with Crippen molar-refractivity contribution >= 4 is 23.4 Å². The van der Waals surface area contributed by atoms with Crippen molar-refractivity contribution in [2.75, 3.05) is 13.6 Å². The van der Waals surface area contributed by atoms with Crippen LogP contribution in [0.3, 0.4) is 0 Å². The van der Waals surface area contributed by atoms with Crippen LogP contribution in [0.4, 0.5) is 0 Å². The van der Waals surface area contributed by atoms with E-state index < -0.39 is 0 Å². The Morgan fingerprint density at radius 1 is 0.963 bits per heavy atom. The summed E-state index contributed by atoms with van der Waals surface area (Å²) in [5.41, 5.74) is 7.78. The topological polar surface area (TPSA) is 61.4 Å². The molecule has 0 spiro atoms. The molecule has 0 aliphatic carbocycles. The summed E-state index contributed by atoms with van der Waals surface area (Å²) in [5.74, 6) is -0.674. The van der Waals surface area contributed by atoms with Crippen molar-refractivity contribution in [3.8, 4) is 0 Å². The number of nitrogens with one attached hydrogen (secondary N) is 2. The maximum Gasteiger partial charge on any atom is 0.269 e. The number of hydrazine groups is 1. The second kappa shape index (κ2) is 9.02. The molecule has 0 atom stereocenters. The van der Waals surface area contributed by atoms with Crippen molar-refractivity contribution in [2.24, 2.45) is 0 Å². The molecule has 144 valence electrons. The Balaban J connectivity index is 1.79. The number of amides is 2. The number of hydrogen-bond acceptors (Lipinski definition) is 3. The van der Waals surface area contributed by atoms with Crippen LogP contribution in [-0.2, 0) is 16.8 Å². The van der Waals surface area contributed by atoms with E-state index in [1.54, 1.807) is 24.3 Å². The molecule has 0 unspecified atom stereocenters. The smallest absolute Gasteiger partial charge is 0.269 e. The van der Waals surface area contributed by atoms with Gasteiger partial charge in [-0.25, -0.2) is 0 Å². The van der Waals surface area contributed by atoms with Gasteiger partial charge >= 0.3 is 0 Å². The van der Waals surface area contributed by atoms with Gasteiger partial charge in [0.1, 0.15) is 0 Å². The zero-order chi connectivity index (χ0) is 20.0. The Bertz CT molecular complexity index is 781. The zero-order valence-corrected chi connectivity index (χ0v) is 16.9. The molecule has 0 radical (unpaired) electrons. The van der Waals surface area contributed by atoms with Crippen molar-refractivity contribution in [3.63, 3.8) is 0 Å². The number of likely N-dealkylation sites (N-methyl/N-ethyl adjacent to an activating group) is 1. The molecule has 2 aromatic rings. The lowest BCUT2D eigenvalue weighted by Gasteiger charge is -2.20. The third kappa shape index (κ3) is 6.70. The number of benzene rings is 2. The molecule has 0 saturated heterocycles. The fourth-order valence-corrected chi connectivity index (χ4v) is 2.69. The Morgan fingerprint density at radius 2 is 1.56 bits per heavy atom. The van der Waals surface area contributed by atoms with Gasteiger partial charge in [0.25, 0.3) is 11.8 Å². The lowest BCUT2D eigenvalue weighted by atomic mass is 9.87. The average Bonchev–Trinajstić information content (AvgIpc) is 2.60. The normalized spacial score (nSPS) is 11.3. The van der Waals surface area contributed by atoms with Crippen LogP contribution in [-0.4, -0.2) is 30.3 Å². The van der Waals surface area contributed by atoms with Gasteiger partial charge in [-0.05, 0) is 47.9 Å². The van der Waals surface area contributed by atoms with Crippen molar-refractivity contribution in [1.82, 2.24) is 15.8 Å². The maximum absolute atomic E-state index is 12.0. The van der Waals surface area contributed by atoms with Crippen LogP contribution in [0, 0.1) is 0 Å². The van der Waals surface area contributed by atoms with Crippen LogP contribution in [0.25, 0.3) is 0 Å². The monoisotopic (exact) mass is 387 g/mol. The molecular formula is C21H26ClN3O2. The first kappa shape index (κ1) is 20.9. The van der Waals surface area contributed by atoms with E-state index >= 15 is 0 Å². The van der Waals surface area contributed by atoms with E-state index in [1.165, 1.54) is 5.56 Å². The van der Waals surface area contributed by atoms with Gasteiger partial charge in [-0.3, -0.25) is 25.3 Å². The van der Waals surface area contributed by atoms with Gasteiger partial charge in [-0.1, -0.05) is 56.6 Å². The minimum atomic E-state index is -0.388. The Morgan fingerprint density at radius 3 is 2.11 bits per heavy atom. The number of nitrogens with zero attached hydrogens (tertiary/aromatic N) is 1. The Hall–Kier alpha value is -2.37. The van der Waals surface area contributed by atoms with E-state index in [0.717, 1.165) is 5.56 Å². The van der Waals surface area contributed by atoms with Crippen molar-refractivity contribution in [3.05, 3.63) is 70.2 Å². The standard InChI is InChI=1S/C21H26ClN3O2/c1-21(2,3)17-9-5-15(6-10-17)13-25(4)14-19(26)23-24-20(27)16-7-11-18(22)12-8-16/h5-12H,13-14H2,1-4H3,(H,23,26)(H,24,27). The fourth-order valence-electron chi connectivity index (χ4n) is 2.56. The van der Waals surface area contributed by atoms with Gasteiger partial charge in [-0.2, -0.15) is 0 Å². The minimum Gasteiger partial charge on any atom is -0.293 e. The number of carbonyl (C=O) groups is 2. The molecule has 2 rings (SSSR count). The molecule has 0 aromatic heterocycles. The van der Waals surface area contributed by atoms with Crippen molar-refractivity contribution < 1.29 is 9.59 Å². The van der Waals surface area contributed by atoms with E-state index in [0.29, 0.717) is 17.1 Å². The maximum atomic E-state index is 12.0. The molecule has 0 fully saturated rings. The second-order valence-corrected chi connectivity index (χ2v) is 8.06. The molecule has 6 heteroatoms. The third-order valence-corrected chi connectivity index (χ3v) is 4.36. The van der Waals surface area contributed by atoms with Crippen molar-refractivity contribution in [2.45, 2.75) is 32.7 Å². The van der Waals surface area contributed by atoms with E-state index in [9.17, 15) is 9.59 Å². The van der Waals surface area contributed by atoms with E-state index in [-0.39, 0.29) is 23.8 Å². The molecule has 0 heterocycles. The first-order chi connectivity index (χ1) is 12.6. The van der Waals surface area contributed by atoms with Gasteiger partial charge in [0.05, 0.1) is 6.54 Å². The lowest BCUT2D eigenvalue weighted by Crippen LogP contribution is -2.45. The summed E-state index contributed by atoms with van der Waals surface area (Å²) in [7, 11) is 1.86. The molecule has 0 aliphatic heterocycles. The van der Waals surface area contributed by atoms with Crippen LogP contribution in [0.2, 0.25) is 5.02 Å². The quantitative estimate of drug-likeness (QED) is 0.771. The Kier molecular flexibility index (Phi) is 6.99. The van der Waals surface area contributed by atoms with Crippen LogP contribution in [0.5, 0.6) is 0 Å². The molecule has 5 nitrogen and oxygen atoms in total. The zero-order valence-electron chi connectivity index (χ0n) is 16.2. The lowest BCUT2D eigenvalue weighted by molar-refractivity contribution is -0.122. The molecule has 2 amide bonds. The van der Waals surface area contributed by atoms with E-state index in [2.05, 4.69) is 55.9 Å². The van der Waals surface area contributed by atoms with Crippen molar-refractivity contribution in [1.29, 1.82) is 0 Å². The first-order valence-electron chi connectivity index (χ1n) is 8.78. The third-order valence-electron chi connectivity index (χ3n) is 4.11. The van der Waals surface area contributed by atoms with Gasteiger partial charge in [0.2, 0.25) is 0 Å². The highest BCUT2D eigenvalue weighted by molar-refractivity contribution is 6.30. The summed E-state index contributed by atoms with van der Waals surface area (Å²) in [6.07, 6.45) is 0. The highest BCUT2D eigenvalue weighted by Gasteiger charge is 2.14.